The maximum atomic E-state index is 5.00. The third-order valence-electron chi connectivity index (χ3n) is 2.57. The summed E-state index contributed by atoms with van der Waals surface area (Å²) in [6.45, 7) is 2.91. The molecule has 0 amide bonds. The first-order valence-electron chi connectivity index (χ1n) is 6.34. The highest BCUT2D eigenvalue weighted by atomic mass is 16.5. The molecule has 1 N–H and O–H groups in total. The van der Waals surface area contributed by atoms with Gasteiger partial charge in [-0.1, -0.05) is 42.5 Å². The predicted molar refractivity (Wildman–Crippen MR) is 74.1 cm³/mol. The van der Waals surface area contributed by atoms with Crippen molar-refractivity contribution in [2.75, 3.05) is 26.8 Å². The molecule has 1 rings (SSSR count). The second kappa shape index (κ2) is 10.1. The molecule has 17 heavy (non-hydrogen) atoms. The summed E-state index contributed by atoms with van der Waals surface area (Å²) < 4.78 is 5.00. The Morgan fingerprint density at radius 1 is 1.12 bits per heavy atom. The Hall–Kier alpha value is -1.12. The van der Waals surface area contributed by atoms with Gasteiger partial charge in [-0.15, -0.1) is 0 Å². The van der Waals surface area contributed by atoms with Gasteiger partial charge >= 0.3 is 0 Å². The lowest BCUT2D eigenvalue weighted by molar-refractivity contribution is 0.192. The Morgan fingerprint density at radius 2 is 1.94 bits per heavy atom. The van der Waals surface area contributed by atoms with Crippen LogP contribution in [0.15, 0.2) is 36.4 Å². The highest BCUT2D eigenvalue weighted by molar-refractivity contribution is 5.48. The average molecular weight is 233 g/mol. The van der Waals surface area contributed by atoms with Crippen molar-refractivity contribution in [3.8, 4) is 0 Å². The van der Waals surface area contributed by atoms with Crippen LogP contribution >= 0.6 is 0 Å². The van der Waals surface area contributed by atoms with Gasteiger partial charge in [-0.25, -0.2) is 0 Å². The van der Waals surface area contributed by atoms with Gasteiger partial charge in [-0.05, 0) is 31.4 Å². The standard InChI is InChI=1S/C15H23NO/c1-17-14-7-3-6-12-16-13-8-11-15-9-4-2-5-10-15/h2,4-5,8-11,16H,3,6-7,12-14H2,1H3/b11-8+. The number of hydrogen-bond donors (Lipinski definition) is 1. The highest BCUT2D eigenvalue weighted by Crippen LogP contribution is 2.00. The van der Waals surface area contributed by atoms with Gasteiger partial charge < -0.3 is 10.1 Å². The maximum absolute atomic E-state index is 5.00. The first-order chi connectivity index (χ1) is 8.43. The van der Waals surface area contributed by atoms with Gasteiger partial charge in [0.1, 0.15) is 0 Å². The van der Waals surface area contributed by atoms with Crippen LogP contribution in [-0.2, 0) is 4.74 Å². The van der Waals surface area contributed by atoms with Crippen LogP contribution in [0.1, 0.15) is 24.8 Å². The summed E-state index contributed by atoms with van der Waals surface area (Å²) in [5.41, 5.74) is 1.26. The molecule has 0 fully saturated rings. The highest BCUT2D eigenvalue weighted by Gasteiger charge is 1.88. The Morgan fingerprint density at radius 3 is 2.71 bits per heavy atom. The molecule has 1 aromatic carbocycles. The molecule has 2 nitrogen and oxygen atoms in total. The fourth-order valence-electron chi connectivity index (χ4n) is 1.62. The minimum absolute atomic E-state index is 0.883. The zero-order valence-electron chi connectivity index (χ0n) is 10.7. The SMILES string of the molecule is COCCCCCNC/C=C/c1ccccc1. The Kier molecular flexibility index (Phi) is 8.25. The maximum Gasteiger partial charge on any atom is 0.0462 e. The van der Waals surface area contributed by atoms with Crippen molar-refractivity contribution in [2.24, 2.45) is 0 Å². The van der Waals surface area contributed by atoms with Crippen LogP contribution in [0, 0.1) is 0 Å². The topological polar surface area (TPSA) is 21.3 Å². The fraction of sp³-hybridized carbons (Fsp3) is 0.467. The van der Waals surface area contributed by atoms with E-state index >= 15 is 0 Å². The Bertz CT molecular complexity index is 295. The van der Waals surface area contributed by atoms with Crippen molar-refractivity contribution in [3.05, 3.63) is 42.0 Å². The zero-order chi connectivity index (χ0) is 12.2. The fourth-order valence-corrected chi connectivity index (χ4v) is 1.62. The van der Waals surface area contributed by atoms with Crippen molar-refractivity contribution in [3.63, 3.8) is 0 Å². The quantitative estimate of drug-likeness (QED) is 0.662. The van der Waals surface area contributed by atoms with Gasteiger partial charge in [0.05, 0.1) is 0 Å². The van der Waals surface area contributed by atoms with E-state index in [0.29, 0.717) is 0 Å². The molecule has 0 bridgehead atoms. The van der Waals surface area contributed by atoms with Gasteiger partial charge in [0.2, 0.25) is 0 Å². The number of ether oxygens (including phenoxy) is 1. The van der Waals surface area contributed by atoms with Crippen molar-refractivity contribution in [1.29, 1.82) is 0 Å². The van der Waals surface area contributed by atoms with Crippen molar-refractivity contribution in [1.82, 2.24) is 5.32 Å². The molecule has 0 aromatic heterocycles. The van der Waals surface area contributed by atoms with E-state index < -0.39 is 0 Å². The predicted octanol–water partition coefficient (Wildman–Crippen LogP) is 3.11. The van der Waals surface area contributed by atoms with Crippen LogP contribution in [-0.4, -0.2) is 26.8 Å². The molecule has 0 aliphatic heterocycles. The third kappa shape index (κ3) is 7.72. The second-order valence-corrected chi connectivity index (χ2v) is 4.07. The van der Waals surface area contributed by atoms with Gasteiger partial charge in [0, 0.05) is 20.3 Å². The lowest BCUT2D eigenvalue weighted by atomic mass is 10.2. The lowest BCUT2D eigenvalue weighted by Gasteiger charge is -2.01. The van der Waals surface area contributed by atoms with E-state index in [0.717, 1.165) is 26.1 Å². The average Bonchev–Trinajstić information content (AvgIpc) is 2.38. The number of hydrogen-bond acceptors (Lipinski definition) is 2. The van der Waals surface area contributed by atoms with Crippen molar-refractivity contribution < 1.29 is 4.74 Å². The van der Waals surface area contributed by atoms with Crippen LogP contribution in [0.4, 0.5) is 0 Å². The van der Waals surface area contributed by atoms with Gasteiger partial charge in [0.15, 0.2) is 0 Å². The molecule has 0 saturated carbocycles. The van der Waals surface area contributed by atoms with Crippen LogP contribution in [0.3, 0.4) is 0 Å². The number of unbranched alkanes of at least 4 members (excludes halogenated alkanes) is 2. The van der Waals surface area contributed by atoms with E-state index in [1.165, 1.54) is 18.4 Å². The summed E-state index contributed by atoms with van der Waals surface area (Å²) in [5, 5.41) is 3.40. The molecule has 94 valence electrons. The van der Waals surface area contributed by atoms with Crippen LogP contribution in [0.5, 0.6) is 0 Å². The first kappa shape index (κ1) is 13.9. The van der Waals surface area contributed by atoms with Crippen molar-refractivity contribution >= 4 is 6.08 Å². The minimum Gasteiger partial charge on any atom is -0.385 e. The Labute approximate surface area is 105 Å². The van der Waals surface area contributed by atoms with Gasteiger partial charge in [-0.3, -0.25) is 0 Å². The molecule has 1 aromatic rings. The molecule has 2 heteroatoms. The van der Waals surface area contributed by atoms with E-state index in [1.54, 1.807) is 7.11 Å². The summed E-state index contributed by atoms with van der Waals surface area (Å²) >= 11 is 0. The summed E-state index contributed by atoms with van der Waals surface area (Å²) in [5.74, 6) is 0. The molecular formula is C15H23NO. The lowest BCUT2D eigenvalue weighted by Crippen LogP contribution is -2.14. The Balaban J connectivity index is 1.95. The molecule has 0 aliphatic carbocycles. The van der Waals surface area contributed by atoms with E-state index in [2.05, 4.69) is 41.7 Å². The first-order valence-corrected chi connectivity index (χ1v) is 6.34. The number of nitrogens with one attached hydrogen (secondary N) is 1. The van der Waals surface area contributed by atoms with Crippen LogP contribution in [0.25, 0.3) is 6.08 Å². The molecule has 0 atom stereocenters. The zero-order valence-corrected chi connectivity index (χ0v) is 10.7. The molecule has 0 heterocycles. The third-order valence-corrected chi connectivity index (χ3v) is 2.57. The van der Waals surface area contributed by atoms with Gasteiger partial charge in [-0.2, -0.15) is 0 Å². The number of benzene rings is 1. The molecule has 0 radical (unpaired) electrons. The minimum atomic E-state index is 0.883. The van der Waals surface area contributed by atoms with E-state index in [1.807, 2.05) is 6.07 Å². The second-order valence-electron chi connectivity index (χ2n) is 4.07. The summed E-state index contributed by atoms with van der Waals surface area (Å²) in [6, 6.07) is 10.4. The van der Waals surface area contributed by atoms with Crippen LogP contribution < -0.4 is 5.32 Å². The van der Waals surface area contributed by atoms with E-state index in [4.69, 9.17) is 4.74 Å². The smallest absolute Gasteiger partial charge is 0.0462 e. The summed E-state index contributed by atoms with van der Waals surface area (Å²) in [7, 11) is 1.76. The molecule has 0 aliphatic rings. The largest absolute Gasteiger partial charge is 0.385 e. The van der Waals surface area contributed by atoms with E-state index in [-0.39, 0.29) is 0 Å². The summed E-state index contributed by atoms with van der Waals surface area (Å²) in [4.78, 5) is 0. The normalized spacial score (nSPS) is 11.1. The van der Waals surface area contributed by atoms with Gasteiger partial charge in [0.25, 0.3) is 0 Å². The molecule has 0 unspecified atom stereocenters. The molecule has 0 spiro atoms. The molecular weight excluding hydrogens is 210 g/mol. The van der Waals surface area contributed by atoms with E-state index in [9.17, 15) is 0 Å². The van der Waals surface area contributed by atoms with Crippen molar-refractivity contribution in [2.45, 2.75) is 19.3 Å². The molecule has 0 saturated heterocycles. The number of methoxy groups -OCH3 is 1. The van der Waals surface area contributed by atoms with Crippen LogP contribution in [0.2, 0.25) is 0 Å². The summed E-state index contributed by atoms with van der Waals surface area (Å²) in [6.07, 6.45) is 7.95. The number of rotatable bonds is 9. The monoisotopic (exact) mass is 233 g/mol.